The third-order valence-electron chi connectivity index (χ3n) is 6.15. The number of hydrogen-bond donors (Lipinski definition) is 1. The van der Waals surface area contributed by atoms with Crippen molar-refractivity contribution in [1.82, 2.24) is 10.2 Å². The summed E-state index contributed by atoms with van der Waals surface area (Å²) in [6, 6.07) is 17.2. The Morgan fingerprint density at radius 2 is 1.70 bits per heavy atom. The summed E-state index contributed by atoms with van der Waals surface area (Å²) in [5.41, 5.74) is 1.84. The molecule has 0 aromatic heterocycles. The van der Waals surface area contributed by atoms with Crippen LogP contribution < -0.4 is 14.4 Å². The molecule has 0 heterocycles. The van der Waals surface area contributed by atoms with E-state index in [1.807, 2.05) is 45.0 Å². The summed E-state index contributed by atoms with van der Waals surface area (Å²) in [5.74, 6) is -0.549. The first kappa shape index (κ1) is 31.4. The number of rotatable bonds is 11. The molecule has 3 rings (SSSR count). The van der Waals surface area contributed by atoms with E-state index in [2.05, 4.69) is 21.2 Å². The molecule has 2 amide bonds. The van der Waals surface area contributed by atoms with Gasteiger partial charge in [-0.1, -0.05) is 57.4 Å². The van der Waals surface area contributed by atoms with Gasteiger partial charge in [0.15, 0.2) is 0 Å². The summed E-state index contributed by atoms with van der Waals surface area (Å²) >= 11 is 9.79. The van der Waals surface area contributed by atoms with Crippen molar-refractivity contribution in [1.29, 1.82) is 0 Å². The molecule has 0 bridgehead atoms. The number of sulfonamides is 1. The summed E-state index contributed by atoms with van der Waals surface area (Å²) in [7, 11) is -2.75. The van der Waals surface area contributed by atoms with E-state index in [0.29, 0.717) is 5.75 Å². The lowest BCUT2D eigenvalue weighted by Gasteiger charge is -2.32. The van der Waals surface area contributed by atoms with Crippen LogP contribution in [0.2, 0.25) is 5.02 Å². The highest BCUT2D eigenvalue weighted by atomic mass is 79.9. The summed E-state index contributed by atoms with van der Waals surface area (Å²) in [5, 5.41) is 3.02. The molecule has 0 fully saturated rings. The summed E-state index contributed by atoms with van der Waals surface area (Å²) in [4.78, 5) is 28.4. The minimum Gasteiger partial charge on any atom is -0.495 e. The average Bonchev–Trinajstić information content (AvgIpc) is 2.89. The number of nitrogens with zero attached hydrogens (tertiary/aromatic N) is 2. The van der Waals surface area contributed by atoms with Crippen LogP contribution in [0.15, 0.2) is 76.1 Å². The number of nitrogens with one attached hydrogen (secondary N) is 1. The molecule has 0 aliphatic carbocycles. The lowest BCUT2D eigenvalue weighted by Crippen LogP contribution is -2.52. The Kier molecular flexibility index (Phi) is 10.6. The van der Waals surface area contributed by atoms with Crippen LogP contribution in [0, 0.1) is 6.92 Å². The Bertz CT molecular complexity index is 1460. The number of amides is 2. The number of aryl methyl sites for hydroxylation is 1. The molecule has 0 unspecified atom stereocenters. The van der Waals surface area contributed by atoms with Gasteiger partial charge in [-0.15, -0.1) is 0 Å². The van der Waals surface area contributed by atoms with Gasteiger partial charge in [0.25, 0.3) is 10.0 Å². The van der Waals surface area contributed by atoms with Gasteiger partial charge in [0.05, 0.1) is 22.7 Å². The van der Waals surface area contributed by atoms with Crippen molar-refractivity contribution in [3.05, 3.63) is 87.4 Å². The average molecular weight is 651 g/mol. The lowest BCUT2D eigenvalue weighted by atomic mass is 10.1. The van der Waals surface area contributed by atoms with E-state index in [1.54, 1.807) is 19.1 Å². The first-order valence-electron chi connectivity index (χ1n) is 12.6. The first-order valence-corrected chi connectivity index (χ1v) is 15.2. The van der Waals surface area contributed by atoms with E-state index in [1.165, 1.54) is 42.3 Å². The van der Waals surface area contributed by atoms with Crippen molar-refractivity contribution in [2.24, 2.45) is 0 Å². The molecule has 8 nitrogen and oxygen atoms in total. The molecular weight excluding hydrogens is 618 g/mol. The van der Waals surface area contributed by atoms with Crippen LogP contribution in [0.4, 0.5) is 5.69 Å². The zero-order valence-electron chi connectivity index (χ0n) is 23.0. The van der Waals surface area contributed by atoms with Gasteiger partial charge in [0, 0.05) is 17.1 Å². The van der Waals surface area contributed by atoms with E-state index in [0.717, 1.165) is 19.9 Å². The Hall–Kier alpha value is -3.08. The SMILES string of the molecule is COc1ccc(N(CC(=O)N(Cc2cccc(Br)c2)[C@@H](C)C(=O)NC(C)C)S(=O)(=O)c2ccc(C)cc2)cc1Cl. The van der Waals surface area contributed by atoms with Crippen molar-refractivity contribution in [2.45, 2.75) is 51.2 Å². The molecule has 0 saturated heterocycles. The predicted octanol–water partition coefficient (Wildman–Crippen LogP) is 5.56. The van der Waals surface area contributed by atoms with Crippen LogP contribution in [0.3, 0.4) is 0 Å². The van der Waals surface area contributed by atoms with Gasteiger partial charge in [-0.05, 0) is 75.7 Å². The van der Waals surface area contributed by atoms with Gasteiger partial charge in [-0.2, -0.15) is 0 Å². The molecule has 0 aliphatic heterocycles. The second kappa shape index (κ2) is 13.5. The third-order valence-corrected chi connectivity index (χ3v) is 8.73. The van der Waals surface area contributed by atoms with E-state index >= 15 is 0 Å². The molecule has 214 valence electrons. The zero-order chi connectivity index (χ0) is 29.6. The second-order valence-electron chi connectivity index (χ2n) is 9.63. The van der Waals surface area contributed by atoms with Crippen LogP contribution in [-0.4, -0.2) is 50.9 Å². The highest BCUT2D eigenvalue weighted by Gasteiger charge is 2.33. The quantitative estimate of drug-likeness (QED) is 0.293. The van der Waals surface area contributed by atoms with Crippen LogP contribution in [0.5, 0.6) is 5.75 Å². The van der Waals surface area contributed by atoms with Gasteiger partial charge < -0.3 is 15.0 Å². The smallest absolute Gasteiger partial charge is 0.264 e. The molecule has 3 aromatic rings. The molecule has 3 aromatic carbocycles. The molecular formula is C29H33BrClN3O5S. The van der Waals surface area contributed by atoms with Crippen LogP contribution >= 0.6 is 27.5 Å². The van der Waals surface area contributed by atoms with Crippen molar-refractivity contribution in [2.75, 3.05) is 18.0 Å². The summed E-state index contributed by atoms with van der Waals surface area (Å²) in [6.45, 7) is 6.66. The number of carbonyl (C=O) groups is 2. The van der Waals surface area contributed by atoms with Gasteiger partial charge in [0.1, 0.15) is 18.3 Å². The van der Waals surface area contributed by atoms with Crippen LogP contribution in [0.1, 0.15) is 31.9 Å². The molecule has 0 spiro atoms. The number of halogens is 2. The minimum absolute atomic E-state index is 0.0157. The number of hydrogen-bond acceptors (Lipinski definition) is 5. The number of benzene rings is 3. The topological polar surface area (TPSA) is 96.0 Å². The molecule has 0 radical (unpaired) electrons. The summed E-state index contributed by atoms with van der Waals surface area (Å²) in [6.07, 6.45) is 0. The number of ether oxygens (including phenoxy) is 1. The molecule has 0 aliphatic rings. The zero-order valence-corrected chi connectivity index (χ0v) is 26.2. The molecule has 11 heteroatoms. The fourth-order valence-corrected chi connectivity index (χ4v) is 6.10. The monoisotopic (exact) mass is 649 g/mol. The van der Waals surface area contributed by atoms with Crippen LogP contribution in [0.25, 0.3) is 0 Å². The van der Waals surface area contributed by atoms with E-state index < -0.39 is 28.5 Å². The number of carbonyl (C=O) groups excluding carboxylic acids is 2. The lowest BCUT2D eigenvalue weighted by molar-refractivity contribution is -0.139. The maximum atomic E-state index is 14.0. The number of anilines is 1. The molecule has 1 N–H and O–H groups in total. The number of methoxy groups -OCH3 is 1. The fourth-order valence-electron chi connectivity index (χ4n) is 4.00. The Labute approximate surface area is 249 Å². The van der Waals surface area contributed by atoms with Gasteiger partial charge in [0.2, 0.25) is 11.8 Å². The van der Waals surface area contributed by atoms with Gasteiger partial charge >= 0.3 is 0 Å². The molecule has 40 heavy (non-hydrogen) atoms. The van der Waals surface area contributed by atoms with E-state index in [-0.39, 0.29) is 34.1 Å². The predicted molar refractivity (Wildman–Crippen MR) is 161 cm³/mol. The minimum atomic E-state index is -4.20. The maximum Gasteiger partial charge on any atom is 0.264 e. The third kappa shape index (κ3) is 7.77. The Balaban J connectivity index is 2.07. The maximum absolute atomic E-state index is 14.0. The second-order valence-corrected chi connectivity index (χ2v) is 12.8. The van der Waals surface area contributed by atoms with E-state index in [9.17, 15) is 18.0 Å². The van der Waals surface area contributed by atoms with Crippen LogP contribution in [-0.2, 0) is 26.2 Å². The molecule has 1 atom stereocenters. The summed E-state index contributed by atoms with van der Waals surface area (Å²) < 4.78 is 34.9. The highest BCUT2D eigenvalue weighted by Crippen LogP contribution is 2.32. The van der Waals surface area contributed by atoms with Crippen molar-refractivity contribution < 1.29 is 22.7 Å². The standard InChI is InChI=1S/C29H33BrClN3O5S/c1-19(2)32-29(36)21(4)33(17-22-7-6-8-23(30)15-22)28(35)18-34(24-11-14-27(39-5)26(31)16-24)40(37,38)25-12-9-20(3)10-13-25/h6-16,19,21H,17-18H2,1-5H3,(H,32,36)/t21-/m0/s1. The Morgan fingerprint density at radius 3 is 2.27 bits per heavy atom. The van der Waals surface area contributed by atoms with E-state index in [4.69, 9.17) is 16.3 Å². The van der Waals surface area contributed by atoms with Gasteiger partial charge in [-0.3, -0.25) is 13.9 Å². The molecule has 0 saturated carbocycles. The van der Waals surface area contributed by atoms with Crippen molar-refractivity contribution in [3.8, 4) is 5.75 Å². The Morgan fingerprint density at radius 1 is 1.02 bits per heavy atom. The van der Waals surface area contributed by atoms with Crippen molar-refractivity contribution >= 4 is 55.1 Å². The fraction of sp³-hybridized carbons (Fsp3) is 0.310. The first-order chi connectivity index (χ1) is 18.8. The van der Waals surface area contributed by atoms with Gasteiger partial charge in [-0.25, -0.2) is 8.42 Å². The highest BCUT2D eigenvalue weighted by molar-refractivity contribution is 9.10. The largest absolute Gasteiger partial charge is 0.495 e. The van der Waals surface area contributed by atoms with Crippen molar-refractivity contribution in [3.63, 3.8) is 0 Å². The normalized spacial score (nSPS) is 12.1.